The van der Waals surface area contributed by atoms with E-state index in [0.717, 1.165) is 25.4 Å². The van der Waals surface area contributed by atoms with Crippen LogP contribution in [0, 0.1) is 5.92 Å². The van der Waals surface area contributed by atoms with E-state index in [2.05, 4.69) is 11.5 Å². The Balaban J connectivity index is 2.01. The van der Waals surface area contributed by atoms with Gasteiger partial charge in [0, 0.05) is 13.0 Å². The summed E-state index contributed by atoms with van der Waals surface area (Å²) >= 11 is 0. The van der Waals surface area contributed by atoms with Gasteiger partial charge in [0.15, 0.2) is 0 Å². The van der Waals surface area contributed by atoms with Crippen molar-refractivity contribution < 1.29 is 9.47 Å². The molecule has 86 valence electrons. The third-order valence-corrected chi connectivity index (χ3v) is 2.99. The minimum atomic E-state index is 0.0277. The van der Waals surface area contributed by atoms with Crippen LogP contribution >= 0.6 is 0 Å². The number of nitrogens with two attached hydrogens (primary N) is 1. The van der Waals surface area contributed by atoms with Crippen LogP contribution in [0.4, 0.5) is 0 Å². The Bertz CT molecular complexity index is 239. The summed E-state index contributed by atoms with van der Waals surface area (Å²) in [4.78, 5) is 0. The Morgan fingerprint density at radius 3 is 2.93 bits per heavy atom. The van der Waals surface area contributed by atoms with Crippen LogP contribution in [0.1, 0.15) is 26.2 Å². The van der Waals surface area contributed by atoms with Crippen LogP contribution < -0.4 is 11.3 Å². The Kier molecular flexibility index (Phi) is 3.61. The average molecular weight is 212 g/mol. The van der Waals surface area contributed by atoms with Crippen molar-refractivity contribution in [3.63, 3.8) is 0 Å². The van der Waals surface area contributed by atoms with E-state index >= 15 is 0 Å². The summed E-state index contributed by atoms with van der Waals surface area (Å²) in [7, 11) is 0. The predicted molar refractivity (Wildman–Crippen MR) is 57.9 cm³/mol. The van der Waals surface area contributed by atoms with Gasteiger partial charge in [0.1, 0.15) is 11.8 Å². The van der Waals surface area contributed by atoms with Crippen molar-refractivity contribution in [2.24, 2.45) is 11.8 Å². The van der Waals surface area contributed by atoms with Gasteiger partial charge in [0.05, 0.1) is 12.7 Å². The summed E-state index contributed by atoms with van der Waals surface area (Å²) in [6, 6.07) is 0.0277. The molecule has 1 fully saturated rings. The monoisotopic (exact) mass is 212 g/mol. The minimum Gasteiger partial charge on any atom is -0.496 e. The smallest absolute Gasteiger partial charge is 0.113 e. The lowest BCUT2D eigenvalue weighted by atomic mass is 10.0. The molecule has 2 atom stereocenters. The highest BCUT2D eigenvalue weighted by Gasteiger charge is 2.39. The molecule has 0 amide bonds. The Labute approximate surface area is 90.8 Å². The second-order valence-corrected chi connectivity index (χ2v) is 4.15. The first-order chi connectivity index (χ1) is 7.36. The SMILES string of the molecule is CCOC(C1CC1)C(NN)C1=CCCO1. The second-order valence-electron chi connectivity index (χ2n) is 4.15. The number of hydrogen-bond acceptors (Lipinski definition) is 4. The Morgan fingerprint density at radius 2 is 2.47 bits per heavy atom. The van der Waals surface area contributed by atoms with Gasteiger partial charge in [-0.05, 0) is 31.8 Å². The number of nitrogens with one attached hydrogen (secondary N) is 1. The van der Waals surface area contributed by atoms with Crippen molar-refractivity contribution >= 4 is 0 Å². The molecule has 0 saturated heterocycles. The summed E-state index contributed by atoms with van der Waals surface area (Å²) in [5, 5.41) is 0. The van der Waals surface area contributed by atoms with Crippen LogP contribution in [0.15, 0.2) is 11.8 Å². The van der Waals surface area contributed by atoms with Gasteiger partial charge < -0.3 is 9.47 Å². The Morgan fingerprint density at radius 1 is 1.67 bits per heavy atom. The number of hydrogen-bond donors (Lipinski definition) is 2. The van der Waals surface area contributed by atoms with Crippen molar-refractivity contribution in [3.05, 3.63) is 11.8 Å². The molecule has 3 N–H and O–H groups in total. The molecule has 2 aliphatic rings. The highest BCUT2D eigenvalue weighted by Crippen LogP contribution is 2.37. The molecule has 0 aromatic rings. The van der Waals surface area contributed by atoms with Gasteiger partial charge in [-0.25, -0.2) is 5.43 Å². The lowest BCUT2D eigenvalue weighted by molar-refractivity contribution is 0.0142. The predicted octanol–water partition coefficient (Wildman–Crippen LogP) is 0.938. The van der Waals surface area contributed by atoms with E-state index < -0.39 is 0 Å². The van der Waals surface area contributed by atoms with Crippen molar-refractivity contribution in [1.82, 2.24) is 5.43 Å². The number of ether oxygens (including phenoxy) is 2. The van der Waals surface area contributed by atoms with E-state index in [4.69, 9.17) is 15.3 Å². The fourth-order valence-corrected chi connectivity index (χ4v) is 2.11. The average Bonchev–Trinajstić information content (AvgIpc) is 2.96. The van der Waals surface area contributed by atoms with E-state index in [1.54, 1.807) is 0 Å². The van der Waals surface area contributed by atoms with Gasteiger partial charge >= 0.3 is 0 Å². The fourth-order valence-electron chi connectivity index (χ4n) is 2.11. The molecule has 1 aliphatic carbocycles. The Hall–Kier alpha value is -0.580. The van der Waals surface area contributed by atoms with Crippen LogP contribution in [-0.4, -0.2) is 25.4 Å². The largest absolute Gasteiger partial charge is 0.496 e. The molecular weight excluding hydrogens is 192 g/mol. The van der Waals surface area contributed by atoms with Gasteiger partial charge in [0.25, 0.3) is 0 Å². The number of hydrazine groups is 1. The lowest BCUT2D eigenvalue weighted by Crippen LogP contribution is -2.47. The van der Waals surface area contributed by atoms with Crippen molar-refractivity contribution in [2.75, 3.05) is 13.2 Å². The van der Waals surface area contributed by atoms with E-state index in [0.29, 0.717) is 5.92 Å². The summed E-state index contributed by atoms with van der Waals surface area (Å²) < 4.78 is 11.3. The van der Waals surface area contributed by atoms with Gasteiger partial charge in [-0.3, -0.25) is 5.84 Å². The zero-order valence-corrected chi connectivity index (χ0v) is 9.24. The van der Waals surface area contributed by atoms with Gasteiger partial charge in [-0.2, -0.15) is 0 Å². The minimum absolute atomic E-state index is 0.0277. The molecule has 0 radical (unpaired) electrons. The first kappa shape index (κ1) is 10.9. The van der Waals surface area contributed by atoms with Gasteiger partial charge in [-0.15, -0.1) is 0 Å². The topological polar surface area (TPSA) is 56.5 Å². The highest BCUT2D eigenvalue weighted by atomic mass is 16.5. The van der Waals surface area contributed by atoms with E-state index in [-0.39, 0.29) is 12.1 Å². The van der Waals surface area contributed by atoms with E-state index in [9.17, 15) is 0 Å². The molecule has 0 bridgehead atoms. The van der Waals surface area contributed by atoms with Crippen molar-refractivity contribution in [2.45, 2.75) is 38.3 Å². The van der Waals surface area contributed by atoms with Crippen LogP contribution in [0.3, 0.4) is 0 Å². The number of rotatable bonds is 6. The van der Waals surface area contributed by atoms with Crippen molar-refractivity contribution in [3.8, 4) is 0 Å². The lowest BCUT2D eigenvalue weighted by Gasteiger charge is -2.26. The quantitative estimate of drug-likeness (QED) is 0.508. The second kappa shape index (κ2) is 4.96. The van der Waals surface area contributed by atoms with Crippen molar-refractivity contribution in [1.29, 1.82) is 0 Å². The molecule has 2 rings (SSSR count). The summed E-state index contributed by atoms with van der Waals surface area (Å²) in [5.41, 5.74) is 2.83. The molecular formula is C11H20N2O2. The van der Waals surface area contributed by atoms with E-state index in [1.165, 1.54) is 12.8 Å². The maximum Gasteiger partial charge on any atom is 0.113 e. The molecule has 0 aromatic heterocycles. The third-order valence-electron chi connectivity index (χ3n) is 2.99. The molecule has 15 heavy (non-hydrogen) atoms. The molecule has 0 aromatic carbocycles. The first-order valence-electron chi connectivity index (χ1n) is 5.77. The summed E-state index contributed by atoms with van der Waals surface area (Å²) in [5.74, 6) is 7.21. The maximum absolute atomic E-state index is 5.77. The zero-order valence-electron chi connectivity index (χ0n) is 9.24. The van der Waals surface area contributed by atoms with Gasteiger partial charge in [-0.1, -0.05) is 0 Å². The zero-order chi connectivity index (χ0) is 10.7. The molecule has 1 aliphatic heterocycles. The highest BCUT2D eigenvalue weighted by molar-refractivity contribution is 5.11. The standard InChI is InChI=1S/C11H20N2O2/c1-2-14-11(8-5-6-8)10(13-12)9-4-3-7-15-9/h4,8,10-11,13H,2-3,5-7,12H2,1H3. The third kappa shape index (κ3) is 2.51. The van der Waals surface area contributed by atoms with Crippen LogP contribution in [0.2, 0.25) is 0 Å². The van der Waals surface area contributed by atoms with Crippen LogP contribution in [0.25, 0.3) is 0 Å². The van der Waals surface area contributed by atoms with Gasteiger partial charge in [0.2, 0.25) is 0 Å². The maximum atomic E-state index is 5.77. The molecule has 1 saturated carbocycles. The molecule has 4 nitrogen and oxygen atoms in total. The fraction of sp³-hybridized carbons (Fsp3) is 0.818. The van der Waals surface area contributed by atoms with Crippen LogP contribution in [0.5, 0.6) is 0 Å². The van der Waals surface area contributed by atoms with E-state index in [1.807, 2.05) is 6.92 Å². The molecule has 0 spiro atoms. The first-order valence-corrected chi connectivity index (χ1v) is 5.77. The van der Waals surface area contributed by atoms with Crippen LogP contribution in [-0.2, 0) is 9.47 Å². The molecule has 4 heteroatoms. The molecule has 2 unspecified atom stereocenters. The summed E-state index contributed by atoms with van der Waals surface area (Å²) in [6.07, 6.45) is 5.76. The summed E-state index contributed by atoms with van der Waals surface area (Å²) in [6.45, 7) is 3.52. The molecule has 1 heterocycles. The normalized spacial score (nSPS) is 24.5.